The highest BCUT2D eigenvalue weighted by atomic mass is 32.2. The Morgan fingerprint density at radius 2 is 1.52 bits per heavy atom. The van der Waals surface area contributed by atoms with E-state index >= 15 is 0 Å². The Bertz CT molecular complexity index is 882. The predicted octanol–water partition coefficient (Wildman–Crippen LogP) is 0.503. The number of nitrogens with one attached hydrogen (secondary N) is 1. The zero-order valence-corrected chi connectivity index (χ0v) is 19.6. The lowest BCUT2D eigenvalue weighted by Gasteiger charge is -2.40. The summed E-state index contributed by atoms with van der Waals surface area (Å²) in [6.45, 7) is 10.2. The normalized spacial score (nSPS) is 20.5. The number of rotatable bonds is 6. The van der Waals surface area contributed by atoms with E-state index in [-0.39, 0.29) is 34.2 Å². The Balaban J connectivity index is 1.54. The molecule has 2 saturated heterocycles. The zero-order chi connectivity index (χ0) is 22.8. The second-order valence-electron chi connectivity index (χ2n) is 8.42. The van der Waals surface area contributed by atoms with Crippen molar-refractivity contribution in [2.45, 2.75) is 63.9 Å². The monoisotopic (exact) mass is 455 g/mol. The van der Waals surface area contributed by atoms with Crippen molar-refractivity contribution in [1.82, 2.24) is 24.6 Å². The summed E-state index contributed by atoms with van der Waals surface area (Å²) in [6.07, 6.45) is 3.29. The van der Waals surface area contributed by atoms with Gasteiger partial charge in [-0.15, -0.1) is 0 Å². The Morgan fingerprint density at radius 3 is 2.06 bits per heavy atom. The first-order valence-electron chi connectivity index (χ1n) is 10.9. The van der Waals surface area contributed by atoms with Gasteiger partial charge in [0.25, 0.3) is 0 Å². The third-order valence-electron chi connectivity index (χ3n) is 6.14. The summed E-state index contributed by atoms with van der Waals surface area (Å²) in [4.78, 5) is 31.3. The molecule has 1 aromatic heterocycles. The van der Waals surface area contributed by atoms with E-state index in [1.807, 2.05) is 11.8 Å². The van der Waals surface area contributed by atoms with E-state index in [1.54, 1.807) is 11.8 Å². The molecule has 11 heteroatoms. The van der Waals surface area contributed by atoms with E-state index < -0.39 is 16.1 Å². The van der Waals surface area contributed by atoms with Gasteiger partial charge in [-0.2, -0.15) is 4.72 Å². The van der Waals surface area contributed by atoms with Crippen LogP contribution < -0.4 is 4.72 Å². The standard InChI is InChI=1S/C20H33N5O5S/c1-14-18(17(4)30-21-14)31(28,29)22-15(2)19(26)25-12-10-23(11-13-25)16(3)20(27)24-8-6-5-7-9-24/h15-16,22H,5-13H2,1-4H3/t15-,16-/m0/s1. The summed E-state index contributed by atoms with van der Waals surface area (Å²) in [5.41, 5.74) is 0.255. The molecule has 3 rings (SSSR count). The first kappa shape index (κ1) is 23.7. The van der Waals surface area contributed by atoms with Crippen LogP contribution in [0.5, 0.6) is 0 Å². The van der Waals surface area contributed by atoms with Gasteiger partial charge in [0.15, 0.2) is 5.76 Å². The molecule has 1 aromatic rings. The second-order valence-corrected chi connectivity index (χ2v) is 10.1. The molecule has 2 amide bonds. The van der Waals surface area contributed by atoms with E-state index in [0.29, 0.717) is 26.2 Å². The van der Waals surface area contributed by atoms with Gasteiger partial charge in [0.1, 0.15) is 10.6 Å². The van der Waals surface area contributed by atoms with E-state index in [1.165, 1.54) is 20.3 Å². The topological polar surface area (TPSA) is 116 Å². The minimum atomic E-state index is -3.92. The van der Waals surface area contributed by atoms with Crippen LogP contribution in [0.25, 0.3) is 0 Å². The van der Waals surface area contributed by atoms with Gasteiger partial charge in [-0.1, -0.05) is 5.16 Å². The highest BCUT2D eigenvalue weighted by molar-refractivity contribution is 7.89. The molecular weight excluding hydrogens is 422 g/mol. The van der Waals surface area contributed by atoms with Crippen LogP contribution in [0.2, 0.25) is 0 Å². The third-order valence-corrected chi connectivity index (χ3v) is 7.92. The molecule has 0 saturated carbocycles. The van der Waals surface area contributed by atoms with Crippen LogP contribution in [-0.4, -0.2) is 91.4 Å². The molecule has 0 radical (unpaired) electrons. The fourth-order valence-electron chi connectivity index (χ4n) is 4.34. The summed E-state index contributed by atoms with van der Waals surface area (Å²) in [7, 11) is -3.92. The molecule has 2 atom stereocenters. The number of hydrogen-bond donors (Lipinski definition) is 1. The van der Waals surface area contributed by atoms with Crippen LogP contribution in [0, 0.1) is 13.8 Å². The van der Waals surface area contributed by atoms with Crippen molar-refractivity contribution in [2.75, 3.05) is 39.3 Å². The first-order valence-corrected chi connectivity index (χ1v) is 12.4. The number of amides is 2. The summed E-state index contributed by atoms with van der Waals surface area (Å²) in [6, 6.07) is -1.14. The Hall–Kier alpha value is -1.98. The van der Waals surface area contributed by atoms with Crippen molar-refractivity contribution in [2.24, 2.45) is 0 Å². The van der Waals surface area contributed by atoms with Gasteiger partial charge in [0.2, 0.25) is 21.8 Å². The summed E-state index contributed by atoms with van der Waals surface area (Å²) in [5, 5.41) is 3.67. The fraction of sp³-hybridized carbons (Fsp3) is 0.750. The minimum absolute atomic E-state index is 0.0259. The Kier molecular flexibility index (Phi) is 7.38. The summed E-state index contributed by atoms with van der Waals surface area (Å²) >= 11 is 0. The molecule has 2 aliphatic heterocycles. The van der Waals surface area contributed by atoms with Gasteiger partial charge >= 0.3 is 0 Å². The van der Waals surface area contributed by atoms with Crippen LogP contribution in [-0.2, 0) is 19.6 Å². The van der Waals surface area contributed by atoms with Crippen molar-refractivity contribution >= 4 is 21.8 Å². The molecule has 0 bridgehead atoms. The van der Waals surface area contributed by atoms with Crippen molar-refractivity contribution in [1.29, 1.82) is 0 Å². The maximum atomic E-state index is 12.8. The van der Waals surface area contributed by atoms with Crippen LogP contribution >= 0.6 is 0 Å². The number of carbonyl (C=O) groups is 2. The van der Waals surface area contributed by atoms with Crippen molar-refractivity contribution in [3.8, 4) is 0 Å². The van der Waals surface area contributed by atoms with Crippen LogP contribution in [0.4, 0.5) is 0 Å². The molecule has 0 spiro atoms. The highest BCUT2D eigenvalue weighted by Crippen LogP contribution is 2.19. The number of aryl methyl sites for hydroxylation is 2. The predicted molar refractivity (Wildman–Crippen MR) is 114 cm³/mol. The summed E-state index contributed by atoms with van der Waals surface area (Å²) < 4.78 is 32.7. The lowest BCUT2D eigenvalue weighted by molar-refractivity contribution is -0.139. The smallest absolute Gasteiger partial charge is 0.246 e. The first-order chi connectivity index (χ1) is 14.6. The van der Waals surface area contributed by atoms with E-state index in [0.717, 1.165) is 25.9 Å². The number of carbonyl (C=O) groups excluding carboxylic acids is 2. The lowest BCUT2D eigenvalue weighted by Crippen LogP contribution is -2.58. The minimum Gasteiger partial charge on any atom is -0.360 e. The van der Waals surface area contributed by atoms with E-state index in [9.17, 15) is 18.0 Å². The fourth-order valence-corrected chi connectivity index (χ4v) is 5.86. The van der Waals surface area contributed by atoms with Crippen molar-refractivity contribution in [3.05, 3.63) is 11.5 Å². The molecule has 10 nitrogen and oxygen atoms in total. The van der Waals surface area contributed by atoms with Gasteiger partial charge in [-0.05, 0) is 47.0 Å². The zero-order valence-electron chi connectivity index (χ0n) is 18.8. The number of likely N-dealkylation sites (tertiary alicyclic amines) is 1. The SMILES string of the molecule is Cc1noc(C)c1S(=O)(=O)N[C@@H](C)C(=O)N1CCN([C@@H](C)C(=O)N2CCCCC2)CC1. The lowest BCUT2D eigenvalue weighted by atomic mass is 10.1. The quantitative estimate of drug-likeness (QED) is 0.664. The molecule has 0 aromatic carbocycles. The number of piperazine rings is 1. The molecule has 0 unspecified atom stereocenters. The molecule has 1 N–H and O–H groups in total. The second kappa shape index (κ2) is 9.66. The average Bonchev–Trinajstić information content (AvgIpc) is 3.11. The molecule has 3 heterocycles. The van der Waals surface area contributed by atoms with Gasteiger partial charge in [0.05, 0.1) is 12.1 Å². The van der Waals surface area contributed by atoms with Gasteiger partial charge in [-0.3, -0.25) is 14.5 Å². The van der Waals surface area contributed by atoms with Crippen LogP contribution in [0.3, 0.4) is 0 Å². The number of piperidine rings is 1. The number of aromatic nitrogens is 1. The highest BCUT2D eigenvalue weighted by Gasteiger charge is 2.33. The van der Waals surface area contributed by atoms with Gasteiger partial charge < -0.3 is 14.3 Å². The summed E-state index contributed by atoms with van der Waals surface area (Å²) in [5.74, 6) is 0.0516. The molecule has 174 valence electrons. The van der Waals surface area contributed by atoms with E-state index in [4.69, 9.17) is 4.52 Å². The molecule has 2 aliphatic rings. The largest absolute Gasteiger partial charge is 0.360 e. The number of sulfonamides is 1. The molecule has 0 aliphatic carbocycles. The van der Waals surface area contributed by atoms with Crippen LogP contribution in [0.15, 0.2) is 9.42 Å². The molecule has 2 fully saturated rings. The maximum absolute atomic E-state index is 12.8. The maximum Gasteiger partial charge on any atom is 0.246 e. The van der Waals surface area contributed by atoms with Gasteiger partial charge in [0, 0.05) is 39.3 Å². The van der Waals surface area contributed by atoms with Crippen molar-refractivity contribution in [3.63, 3.8) is 0 Å². The Morgan fingerprint density at radius 1 is 0.935 bits per heavy atom. The number of nitrogens with zero attached hydrogens (tertiary/aromatic N) is 4. The Labute approximate surface area is 184 Å². The molecular formula is C20H33N5O5S. The third kappa shape index (κ3) is 5.27. The van der Waals surface area contributed by atoms with Gasteiger partial charge in [-0.25, -0.2) is 8.42 Å². The van der Waals surface area contributed by atoms with Crippen LogP contribution in [0.1, 0.15) is 44.6 Å². The average molecular weight is 456 g/mol. The molecule has 31 heavy (non-hydrogen) atoms. The number of hydrogen-bond acceptors (Lipinski definition) is 7. The van der Waals surface area contributed by atoms with Crippen molar-refractivity contribution < 1.29 is 22.5 Å². The van der Waals surface area contributed by atoms with E-state index in [2.05, 4.69) is 14.8 Å².